The van der Waals surface area contributed by atoms with Crippen LogP contribution >= 0.6 is 11.6 Å². The highest BCUT2D eigenvalue weighted by Crippen LogP contribution is 2.33. The average Bonchev–Trinajstić information content (AvgIpc) is 3.66. The van der Waals surface area contributed by atoms with Crippen LogP contribution in [0.4, 0.5) is 8.78 Å². The van der Waals surface area contributed by atoms with E-state index in [0.29, 0.717) is 16.1 Å². The number of aromatic amines is 2. The van der Waals surface area contributed by atoms with Crippen molar-refractivity contribution in [2.45, 2.75) is 20.8 Å². The van der Waals surface area contributed by atoms with Gasteiger partial charge in [-0.1, -0.05) is 48.0 Å². The number of nitrogens with one attached hydrogen (secondary N) is 2. The number of nitrogens with zero attached hydrogens (tertiary/aromatic N) is 2. The van der Waals surface area contributed by atoms with Crippen molar-refractivity contribution in [1.82, 2.24) is 19.9 Å². The highest BCUT2D eigenvalue weighted by molar-refractivity contribution is 6.35. The van der Waals surface area contributed by atoms with Gasteiger partial charge in [0.2, 0.25) is 0 Å². The van der Waals surface area contributed by atoms with Gasteiger partial charge in [-0.05, 0) is 74.9 Å². The Morgan fingerprint density at radius 3 is 1.82 bits per heavy atom. The summed E-state index contributed by atoms with van der Waals surface area (Å²) in [6.07, 6.45) is 3.77. The molecule has 4 aromatic carbocycles. The minimum absolute atomic E-state index is 0.192. The average molecular weight is 601 g/mol. The molecule has 4 aromatic heterocycles. The van der Waals surface area contributed by atoms with Gasteiger partial charge in [0.05, 0.1) is 38.5 Å². The van der Waals surface area contributed by atoms with E-state index in [1.54, 1.807) is 19.9 Å². The number of halogens is 3. The zero-order valence-electron chi connectivity index (χ0n) is 24.3. The number of aromatic nitrogens is 4. The molecule has 0 aliphatic carbocycles. The second kappa shape index (κ2) is 10.9. The predicted molar refractivity (Wildman–Crippen MR) is 177 cm³/mol. The third-order valence-electron chi connectivity index (χ3n) is 8.17. The molecule has 4 heterocycles. The van der Waals surface area contributed by atoms with Crippen molar-refractivity contribution in [3.63, 3.8) is 0 Å². The summed E-state index contributed by atoms with van der Waals surface area (Å²) in [5, 5.41) is 4.70. The smallest absolute Gasteiger partial charge is 0.128 e. The largest absolute Gasteiger partial charge is 0.360 e. The molecule has 0 atom stereocenters. The van der Waals surface area contributed by atoms with Gasteiger partial charge in [0, 0.05) is 56.2 Å². The van der Waals surface area contributed by atoms with Crippen LogP contribution < -0.4 is 0 Å². The van der Waals surface area contributed by atoms with Crippen LogP contribution in [0.25, 0.3) is 66.1 Å². The SMILES string of the molecule is Cc1c(F)ccc2c(-c3ccc4cccc(Cl)c4n3)c[nH]c12.Cc1ccc2ccc(-c3c[nH]c4c(C)c(F)ccc34)nc2c1. The Morgan fingerprint density at radius 1 is 0.614 bits per heavy atom. The number of H-pyrrole nitrogens is 2. The maximum absolute atomic E-state index is 13.7. The second-order valence-corrected chi connectivity index (χ2v) is 11.4. The molecule has 0 saturated carbocycles. The molecule has 0 amide bonds. The van der Waals surface area contributed by atoms with Crippen molar-refractivity contribution < 1.29 is 8.78 Å². The van der Waals surface area contributed by atoms with Crippen LogP contribution in [0.5, 0.6) is 0 Å². The van der Waals surface area contributed by atoms with E-state index in [4.69, 9.17) is 16.6 Å². The number of aryl methyl sites for hydroxylation is 3. The summed E-state index contributed by atoms with van der Waals surface area (Å²) in [4.78, 5) is 15.8. The molecule has 8 rings (SSSR count). The van der Waals surface area contributed by atoms with Gasteiger partial charge in [-0.25, -0.2) is 18.7 Å². The third-order valence-corrected chi connectivity index (χ3v) is 8.48. The Balaban J connectivity index is 0.000000142. The van der Waals surface area contributed by atoms with Crippen LogP contribution in [0.3, 0.4) is 0 Å². The quantitative estimate of drug-likeness (QED) is 0.207. The summed E-state index contributed by atoms with van der Waals surface area (Å²) in [7, 11) is 0. The fraction of sp³-hybridized carbons (Fsp3) is 0.0811. The Kier molecular flexibility index (Phi) is 6.87. The summed E-state index contributed by atoms with van der Waals surface area (Å²) >= 11 is 6.23. The highest BCUT2D eigenvalue weighted by Gasteiger charge is 2.13. The van der Waals surface area contributed by atoms with Crippen LogP contribution in [0.2, 0.25) is 5.02 Å². The summed E-state index contributed by atoms with van der Waals surface area (Å²) < 4.78 is 27.3. The van der Waals surface area contributed by atoms with E-state index >= 15 is 0 Å². The van der Waals surface area contributed by atoms with Crippen LogP contribution in [0, 0.1) is 32.4 Å². The molecule has 0 spiro atoms. The zero-order valence-corrected chi connectivity index (χ0v) is 25.0. The first kappa shape index (κ1) is 27.7. The van der Waals surface area contributed by atoms with Crippen LogP contribution in [0.1, 0.15) is 16.7 Å². The first-order valence-corrected chi connectivity index (χ1v) is 14.6. The Morgan fingerprint density at radius 2 is 1.18 bits per heavy atom. The minimum Gasteiger partial charge on any atom is -0.360 e. The normalized spacial score (nSPS) is 11.4. The van der Waals surface area contributed by atoms with Crippen LogP contribution in [0.15, 0.2) is 97.3 Å². The lowest BCUT2D eigenvalue weighted by Crippen LogP contribution is -1.86. The molecular weight excluding hydrogens is 574 g/mol. The summed E-state index contributed by atoms with van der Waals surface area (Å²) in [6.45, 7) is 5.61. The Bertz CT molecular complexity index is 2370. The summed E-state index contributed by atoms with van der Waals surface area (Å²) in [5.74, 6) is -0.404. The van der Waals surface area contributed by atoms with E-state index in [2.05, 4.69) is 46.1 Å². The maximum atomic E-state index is 13.7. The molecule has 0 radical (unpaired) electrons. The highest BCUT2D eigenvalue weighted by atomic mass is 35.5. The molecule has 216 valence electrons. The van der Waals surface area contributed by atoms with E-state index in [9.17, 15) is 8.78 Å². The molecule has 8 aromatic rings. The van der Waals surface area contributed by atoms with E-state index in [-0.39, 0.29) is 11.6 Å². The van der Waals surface area contributed by atoms with Crippen LogP contribution in [-0.4, -0.2) is 19.9 Å². The maximum Gasteiger partial charge on any atom is 0.128 e. The van der Waals surface area contributed by atoms with Gasteiger partial charge in [-0.3, -0.25) is 0 Å². The standard InChI is InChI=1S/C19H15FN2.C18H12ClFN2/c1-11-3-4-13-5-8-17(22-18(13)9-11)15-10-21-19-12(2)16(20)7-6-14(15)19;1-10-15(20)7-6-12-13(9-21-17(10)12)16-8-5-11-3-2-4-14(19)18(11)22-16/h3-10,21H,1-2H3;2-9,21H,1H3. The fourth-order valence-corrected chi connectivity index (χ4v) is 5.92. The number of hydrogen-bond donors (Lipinski definition) is 2. The molecule has 0 aliphatic heterocycles. The van der Waals surface area contributed by atoms with Gasteiger partial charge < -0.3 is 9.97 Å². The fourth-order valence-electron chi connectivity index (χ4n) is 5.70. The van der Waals surface area contributed by atoms with Gasteiger partial charge in [0.1, 0.15) is 11.6 Å². The van der Waals surface area contributed by atoms with E-state index in [0.717, 1.165) is 66.1 Å². The molecule has 2 N–H and O–H groups in total. The number of benzene rings is 4. The van der Waals surface area contributed by atoms with Gasteiger partial charge in [0.25, 0.3) is 0 Å². The molecule has 0 aliphatic rings. The zero-order chi connectivity index (χ0) is 30.5. The van der Waals surface area contributed by atoms with Crippen molar-refractivity contribution in [2.24, 2.45) is 0 Å². The van der Waals surface area contributed by atoms with Crippen LogP contribution in [-0.2, 0) is 0 Å². The summed E-state index contributed by atoms with van der Waals surface area (Å²) in [5.41, 5.74) is 9.49. The lowest BCUT2D eigenvalue weighted by molar-refractivity contribution is 0.620. The second-order valence-electron chi connectivity index (χ2n) is 11.0. The molecule has 44 heavy (non-hydrogen) atoms. The number of fused-ring (bicyclic) bond motifs is 4. The van der Waals surface area contributed by atoms with E-state index in [1.807, 2.05) is 54.9 Å². The minimum atomic E-state index is -0.213. The van der Waals surface area contributed by atoms with Gasteiger partial charge >= 0.3 is 0 Å². The van der Waals surface area contributed by atoms with Gasteiger partial charge in [0.15, 0.2) is 0 Å². The van der Waals surface area contributed by atoms with Crippen molar-refractivity contribution in [1.29, 1.82) is 0 Å². The molecule has 4 nitrogen and oxygen atoms in total. The first-order chi connectivity index (χ1) is 21.3. The number of rotatable bonds is 2. The molecule has 0 bridgehead atoms. The molecule has 7 heteroatoms. The number of hydrogen-bond acceptors (Lipinski definition) is 2. The Hall–Kier alpha value is -5.07. The monoisotopic (exact) mass is 600 g/mol. The van der Waals surface area contributed by atoms with E-state index < -0.39 is 0 Å². The predicted octanol–water partition coefficient (Wildman–Crippen LogP) is 10.6. The lowest BCUT2D eigenvalue weighted by Gasteiger charge is -2.04. The number of para-hydroxylation sites is 1. The third kappa shape index (κ3) is 4.77. The van der Waals surface area contributed by atoms with Crippen molar-refractivity contribution >= 4 is 55.2 Å². The van der Waals surface area contributed by atoms with Crippen molar-refractivity contribution in [3.8, 4) is 22.5 Å². The number of pyridine rings is 2. The van der Waals surface area contributed by atoms with Gasteiger partial charge in [-0.2, -0.15) is 0 Å². The van der Waals surface area contributed by atoms with Gasteiger partial charge in [-0.15, -0.1) is 0 Å². The van der Waals surface area contributed by atoms with Crippen molar-refractivity contribution in [2.75, 3.05) is 0 Å². The lowest BCUT2D eigenvalue weighted by atomic mass is 10.1. The Labute approximate surface area is 257 Å². The van der Waals surface area contributed by atoms with Crippen molar-refractivity contribution in [3.05, 3.63) is 131 Å². The topological polar surface area (TPSA) is 57.4 Å². The molecule has 0 saturated heterocycles. The first-order valence-electron chi connectivity index (χ1n) is 14.2. The van der Waals surface area contributed by atoms with E-state index in [1.165, 1.54) is 17.7 Å². The molecule has 0 unspecified atom stereocenters. The summed E-state index contributed by atoms with van der Waals surface area (Å²) in [6, 6.07) is 26.6. The molecule has 0 fully saturated rings. The molecular formula is C37H27ClF2N4.